The Morgan fingerprint density at radius 2 is 2.20 bits per heavy atom. The zero-order valence-corrected chi connectivity index (χ0v) is 12.1. The predicted molar refractivity (Wildman–Crippen MR) is 76.4 cm³/mol. The Labute approximate surface area is 120 Å². The molecule has 1 saturated carbocycles. The molecule has 112 valence electrons. The third kappa shape index (κ3) is 2.81. The van der Waals surface area contributed by atoms with Crippen LogP contribution in [0.25, 0.3) is 0 Å². The lowest BCUT2D eigenvalue weighted by Gasteiger charge is -2.29. The van der Waals surface area contributed by atoms with E-state index in [1.165, 1.54) is 0 Å². The summed E-state index contributed by atoms with van der Waals surface area (Å²) in [6, 6.07) is -0.771. The Morgan fingerprint density at radius 3 is 2.85 bits per heavy atom. The summed E-state index contributed by atoms with van der Waals surface area (Å²) in [5.74, 6) is -0.327. The van der Waals surface area contributed by atoms with E-state index in [-0.39, 0.29) is 11.9 Å². The van der Waals surface area contributed by atoms with Crippen LogP contribution in [0, 0.1) is 11.8 Å². The molecule has 3 unspecified atom stereocenters. The number of likely N-dealkylation sites (tertiary alicyclic amines) is 1. The van der Waals surface area contributed by atoms with Crippen LogP contribution in [0.2, 0.25) is 0 Å². The molecule has 5 heteroatoms. The number of urea groups is 1. The van der Waals surface area contributed by atoms with Gasteiger partial charge in [0.25, 0.3) is 0 Å². The van der Waals surface area contributed by atoms with Gasteiger partial charge in [-0.1, -0.05) is 12.5 Å². The molecule has 2 rings (SSSR count). The van der Waals surface area contributed by atoms with E-state index in [4.69, 9.17) is 0 Å². The van der Waals surface area contributed by atoms with Crippen molar-refractivity contribution in [3.05, 3.63) is 12.7 Å². The lowest BCUT2D eigenvalue weighted by Crippen LogP contribution is -2.48. The fraction of sp³-hybridized carbons (Fsp3) is 0.733. The molecular formula is C15H24N2O3. The minimum atomic E-state index is -0.854. The van der Waals surface area contributed by atoms with Crippen LogP contribution in [0.3, 0.4) is 0 Å². The van der Waals surface area contributed by atoms with Gasteiger partial charge in [-0.25, -0.2) is 9.59 Å². The minimum absolute atomic E-state index is 0.143. The number of carboxylic acid groups (broad SMARTS) is 1. The summed E-state index contributed by atoms with van der Waals surface area (Å²) in [4.78, 5) is 27.2. The van der Waals surface area contributed by atoms with Crippen molar-refractivity contribution in [1.82, 2.24) is 9.80 Å². The van der Waals surface area contributed by atoms with Crippen molar-refractivity contribution < 1.29 is 14.7 Å². The Bertz CT molecular complexity index is 397. The molecule has 0 aromatic heterocycles. The van der Waals surface area contributed by atoms with Crippen molar-refractivity contribution in [2.24, 2.45) is 11.8 Å². The Morgan fingerprint density at radius 1 is 1.45 bits per heavy atom. The first-order valence-electron chi connectivity index (χ1n) is 7.41. The molecule has 1 aliphatic heterocycles. The van der Waals surface area contributed by atoms with E-state index in [2.05, 4.69) is 6.58 Å². The highest BCUT2D eigenvalue weighted by Crippen LogP contribution is 2.42. The van der Waals surface area contributed by atoms with E-state index in [9.17, 15) is 14.7 Å². The van der Waals surface area contributed by atoms with Gasteiger partial charge in [0.15, 0.2) is 0 Å². The molecule has 0 radical (unpaired) electrons. The van der Waals surface area contributed by atoms with Gasteiger partial charge >= 0.3 is 12.0 Å². The first-order valence-corrected chi connectivity index (χ1v) is 7.41. The summed E-state index contributed by atoms with van der Waals surface area (Å²) in [5.41, 5.74) is 0. The summed E-state index contributed by atoms with van der Waals surface area (Å²) in [5, 5.41) is 9.45. The Kier molecular flexibility index (Phi) is 4.68. The quantitative estimate of drug-likeness (QED) is 0.620. The van der Waals surface area contributed by atoms with Crippen molar-refractivity contribution in [3.8, 4) is 0 Å². The predicted octanol–water partition coefficient (Wildman–Crippen LogP) is 2.19. The number of carbonyl (C=O) groups excluding carboxylic acids is 1. The highest BCUT2D eigenvalue weighted by atomic mass is 16.4. The molecular weight excluding hydrogens is 256 g/mol. The molecule has 2 aliphatic rings. The second-order valence-corrected chi connectivity index (χ2v) is 5.93. The van der Waals surface area contributed by atoms with E-state index >= 15 is 0 Å². The third-order valence-corrected chi connectivity index (χ3v) is 4.62. The van der Waals surface area contributed by atoms with Gasteiger partial charge in [-0.05, 0) is 37.5 Å². The van der Waals surface area contributed by atoms with Gasteiger partial charge in [-0.3, -0.25) is 0 Å². The van der Waals surface area contributed by atoms with Crippen LogP contribution in [0.5, 0.6) is 0 Å². The molecule has 0 aromatic carbocycles. The van der Waals surface area contributed by atoms with E-state index in [1.807, 2.05) is 6.08 Å². The van der Waals surface area contributed by atoms with E-state index < -0.39 is 12.0 Å². The van der Waals surface area contributed by atoms with Gasteiger partial charge in [-0.2, -0.15) is 0 Å². The third-order valence-electron chi connectivity index (χ3n) is 4.62. The van der Waals surface area contributed by atoms with Crippen LogP contribution in [0.15, 0.2) is 12.7 Å². The molecule has 1 aliphatic carbocycles. The monoisotopic (exact) mass is 280 g/mol. The van der Waals surface area contributed by atoms with Crippen LogP contribution in [-0.4, -0.2) is 53.1 Å². The summed E-state index contributed by atoms with van der Waals surface area (Å²) in [6.45, 7) is 4.91. The zero-order chi connectivity index (χ0) is 14.7. The van der Waals surface area contributed by atoms with Gasteiger partial charge in [0, 0.05) is 20.1 Å². The van der Waals surface area contributed by atoms with E-state index in [0.717, 1.165) is 32.1 Å². The number of carbonyl (C=O) groups is 2. The molecule has 1 heterocycles. The molecule has 0 spiro atoms. The highest BCUT2D eigenvalue weighted by Gasteiger charge is 2.50. The van der Waals surface area contributed by atoms with Gasteiger partial charge in [0.05, 0.1) is 0 Å². The molecule has 3 atom stereocenters. The van der Waals surface area contributed by atoms with Crippen LogP contribution < -0.4 is 0 Å². The molecule has 0 bridgehead atoms. The van der Waals surface area contributed by atoms with Gasteiger partial charge in [-0.15, -0.1) is 6.58 Å². The number of amides is 2. The molecule has 20 heavy (non-hydrogen) atoms. The first-order chi connectivity index (χ1) is 9.56. The van der Waals surface area contributed by atoms with Crippen LogP contribution in [0.4, 0.5) is 4.79 Å². The molecule has 1 saturated heterocycles. The first kappa shape index (κ1) is 14.9. The number of allylic oxidation sites excluding steroid dienone is 1. The summed E-state index contributed by atoms with van der Waals surface area (Å²) < 4.78 is 0. The second kappa shape index (κ2) is 6.29. The summed E-state index contributed by atoms with van der Waals surface area (Å²) >= 11 is 0. The minimum Gasteiger partial charge on any atom is -0.480 e. The van der Waals surface area contributed by atoms with Crippen molar-refractivity contribution in [2.75, 3.05) is 20.1 Å². The Hall–Kier alpha value is -1.52. The van der Waals surface area contributed by atoms with Gasteiger partial charge < -0.3 is 14.9 Å². The van der Waals surface area contributed by atoms with Crippen LogP contribution in [-0.2, 0) is 4.79 Å². The van der Waals surface area contributed by atoms with Crippen LogP contribution >= 0.6 is 0 Å². The number of hydrogen-bond acceptors (Lipinski definition) is 2. The number of aliphatic carboxylic acids is 1. The van der Waals surface area contributed by atoms with Gasteiger partial charge in [0.2, 0.25) is 0 Å². The number of nitrogens with zero attached hydrogens (tertiary/aromatic N) is 2. The van der Waals surface area contributed by atoms with Crippen molar-refractivity contribution in [3.63, 3.8) is 0 Å². The van der Waals surface area contributed by atoms with E-state index in [1.54, 1.807) is 16.8 Å². The summed E-state index contributed by atoms with van der Waals surface area (Å²) in [7, 11) is 1.75. The fourth-order valence-electron chi connectivity index (χ4n) is 3.61. The van der Waals surface area contributed by atoms with E-state index in [0.29, 0.717) is 19.0 Å². The average molecular weight is 280 g/mol. The van der Waals surface area contributed by atoms with Gasteiger partial charge in [0.1, 0.15) is 6.04 Å². The number of rotatable bonds is 5. The number of carboxylic acids is 1. The molecule has 5 nitrogen and oxygen atoms in total. The molecule has 1 N–H and O–H groups in total. The lowest BCUT2D eigenvalue weighted by molar-refractivity contribution is -0.142. The topological polar surface area (TPSA) is 60.9 Å². The maximum absolute atomic E-state index is 12.4. The highest BCUT2D eigenvalue weighted by molar-refractivity contribution is 5.83. The lowest BCUT2D eigenvalue weighted by atomic mass is 9.94. The Balaban J connectivity index is 2.01. The molecule has 2 amide bonds. The number of fused-ring (bicyclic) bond motifs is 1. The average Bonchev–Trinajstić information content (AvgIpc) is 2.97. The smallest absolute Gasteiger partial charge is 0.326 e. The SMILES string of the molecule is C=CCCCN(C)C(=O)N1CC2CCCC2C1C(=O)O. The normalized spacial score (nSPS) is 28.2. The molecule has 0 aromatic rings. The maximum atomic E-state index is 12.4. The van der Waals surface area contributed by atoms with Crippen molar-refractivity contribution in [2.45, 2.75) is 38.1 Å². The maximum Gasteiger partial charge on any atom is 0.326 e. The van der Waals surface area contributed by atoms with Crippen LogP contribution in [0.1, 0.15) is 32.1 Å². The number of hydrogen-bond donors (Lipinski definition) is 1. The summed E-state index contributed by atoms with van der Waals surface area (Å²) in [6.07, 6.45) is 6.65. The number of unbranched alkanes of at least 4 members (excludes halogenated alkanes) is 1. The molecule has 2 fully saturated rings. The second-order valence-electron chi connectivity index (χ2n) is 5.93. The fourth-order valence-corrected chi connectivity index (χ4v) is 3.61. The standard InChI is InChI=1S/C15H24N2O3/c1-3-4-5-9-16(2)15(20)17-10-11-7-6-8-12(11)13(17)14(18)19/h3,11-13H,1,4-10H2,2H3,(H,18,19). The van der Waals surface area contributed by atoms with Crippen molar-refractivity contribution >= 4 is 12.0 Å². The zero-order valence-electron chi connectivity index (χ0n) is 12.1. The largest absolute Gasteiger partial charge is 0.480 e. The van der Waals surface area contributed by atoms with Crippen molar-refractivity contribution in [1.29, 1.82) is 0 Å².